The molecule has 1 saturated carbocycles. The lowest BCUT2D eigenvalue weighted by Crippen LogP contribution is -2.17. The summed E-state index contributed by atoms with van der Waals surface area (Å²) in [6, 6.07) is 18.2. The second kappa shape index (κ2) is 4.87. The van der Waals surface area contributed by atoms with Gasteiger partial charge in [0.15, 0.2) is 0 Å². The molecular weight excluding hydrogens is 252 g/mol. The average molecular weight is 273 g/mol. The van der Waals surface area contributed by atoms with Crippen molar-refractivity contribution >= 4 is 0 Å². The number of hydrogen-bond donors (Lipinski definition) is 0. The van der Waals surface area contributed by atoms with Gasteiger partial charge in [0.1, 0.15) is 0 Å². The van der Waals surface area contributed by atoms with Crippen LogP contribution in [0.15, 0.2) is 60.7 Å². The van der Waals surface area contributed by atoms with Gasteiger partial charge in [-0.25, -0.2) is 0 Å². The second-order valence-electron chi connectivity index (χ2n) is 6.60. The molecule has 105 valence electrons. The van der Waals surface area contributed by atoms with Crippen molar-refractivity contribution < 1.29 is 0 Å². The van der Waals surface area contributed by atoms with Gasteiger partial charge in [-0.3, -0.25) is 0 Å². The summed E-state index contributed by atoms with van der Waals surface area (Å²) in [4.78, 5) is 0. The first-order valence-electron chi connectivity index (χ1n) is 7.91. The van der Waals surface area contributed by atoms with Crippen LogP contribution in [0, 0.1) is 31.6 Å². The Morgan fingerprint density at radius 2 is 1.38 bits per heavy atom. The topological polar surface area (TPSA) is 0 Å². The highest BCUT2D eigenvalue weighted by Crippen LogP contribution is 2.56. The fourth-order valence-electron chi connectivity index (χ4n) is 4.01. The van der Waals surface area contributed by atoms with Crippen molar-refractivity contribution in [1.82, 2.24) is 0 Å². The number of allylic oxidation sites excluding steroid dienone is 2. The van der Waals surface area contributed by atoms with Crippen LogP contribution in [0.3, 0.4) is 0 Å². The quantitative estimate of drug-likeness (QED) is 0.658. The average Bonchev–Trinajstić information content (AvgIpc) is 3.10. The highest BCUT2D eigenvalue weighted by Gasteiger charge is 2.46. The Kier molecular flexibility index (Phi) is 2.99. The van der Waals surface area contributed by atoms with Crippen LogP contribution in [0.4, 0.5) is 0 Å². The van der Waals surface area contributed by atoms with E-state index in [2.05, 4.69) is 74.5 Å². The third kappa shape index (κ3) is 2.14. The molecule has 2 aromatic carbocycles. The van der Waals surface area contributed by atoms with E-state index in [1.807, 2.05) is 0 Å². The first-order chi connectivity index (χ1) is 10.2. The maximum Gasteiger partial charge on any atom is 0.0198 e. The molecule has 0 heteroatoms. The monoisotopic (exact) mass is 273 g/mol. The minimum atomic E-state index is 0.573. The molecule has 1 fully saturated rings. The van der Waals surface area contributed by atoms with Crippen molar-refractivity contribution in [2.45, 2.75) is 26.2 Å². The molecule has 3 atom stereocenters. The van der Waals surface area contributed by atoms with Crippen LogP contribution >= 0.6 is 0 Å². The Bertz CT molecular complexity index is 601. The van der Waals surface area contributed by atoms with Crippen LogP contribution < -0.4 is 0 Å². The number of rotatable bonds is 2. The maximum absolute atomic E-state index is 2.44. The first-order valence-corrected chi connectivity index (χ1v) is 7.91. The molecule has 0 aromatic heterocycles. The molecule has 3 unspecified atom stereocenters. The Morgan fingerprint density at radius 3 is 2.05 bits per heavy atom. The Balaban J connectivity index is 1.75. The Labute approximate surface area is 127 Å². The van der Waals surface area contributed by atoms with Gasteiger partial charge in [-0.15, -0.1) is 0 Å². The summed E-state index contributed by atoms with van der Waals surface area (Å²) < 4.78 is 0. The number of benzene rings is 2. The fraction of sp³-hybridized carbons (Fsp3) is 0.286. The van der Waals surface area contributed by atoms with Crippen LogP contribution in [0.25, 0.3) is 0 Å². The summed E-state index contributed by atoms with van der Waals surface area (Å²) in [6.45, 7) is 4.32. The van der Waals surface area contributed by atoms with Gasteiger partial charge >= 0.3 is 0 Å². The van der Waals surface area contributed by atoms with E-state index in [-0.39, 0.29) is 0 Å². The van der Waals surface area contributed by atoms with Gasteiger partial charge in [0, 0.05) is 11.8 Å². The van der Waals surface area contributed by atoms with Crippen LogP contribution in [0.2, 0.25) is 0 Å². The second-order valence-corrected chi connectivity index (χ2v) is 6.60. The van der Waals surface area contributed by atoms with Gasteiger partial charge in [-0.1, -0.05) is 71.8 Å². The van der Waals surface area contributed by atoms with Gasteiger partial charge in [-0.05, 0) is 43.2 Å². The van der Waals surface area contributed by atoms with E-state index >= 15 is 0 Å². The van der Waals surface area contributed by atoms with E-state index in [4.69, 9.17) is 0 Å². The van der Waals surface area contributed by atoms with Crippen molar-refractivity contribution in [2.24, 2.45) is 11.8 Å². The summed E-state index contributed by atoms with van der Waals surface area (Å²) in [5.74, 6) is 3.53. The van der Waals surface area contributed by atoms with E-state index < -0.39 is 0 Å². The van der Waals surface area contributed by atoms with Gasteiger partial charge in [-0.2, -0.15) is 0 Å². The molecule has 4 rings (SSSR count). The predicted molar refractivity (Wildman–Crippen MR) is 88.2 cm³/mol. The van der Waals surface area contributed by atoms with Gasteiger partial charge < -0.3 is 0 Å². The van der Waals surface area contributed by atoms with Gasteiger partial charge in [0.25, 0.3) is 0 Å². The van der Waals surface area contributed by atoms with Crippen LogP contribution in [-0.2, 0) is 0 Å². The third-order valence-corrected chi connectivity index (χ3v) is 5.10. The van der Waals surface area contributed by atoms with E-state index in [0.717, 1.165) is 0 Å². The lowest BCUT2D eigenvalue weighted by atomic mass is 9.75. The molecular formula is C21H21. The van der Waals surface area contributed by atoms with Gasteiger partial charge in [0.2, 0.25) is 0 Å². The Morgan fingerprint density at radius 1 is 0.762 bits per heavy atom. The standard InChI is InChI=1S/C21H21/c1-14-3-7-16(8-4-14)20-18-11-12-19(13-18)21(20)17-9-5-15(2)6-10-17/h3-12,18-20H,13H2,1-2H3. The normalized spacial score (nSPS) is 27.4. The zero-order chi connectivity index (χ0) is 14.4. The fourth-order valence-corrected chi connectivity index (χ4v) is 4.01. The molecule has 0 saturated heterocycles. The molecule has 0 spiro atoms. The largest absolute Gasteiger partial charge is 0.0844 e. The molecule has 2 aliphatic carbocycles. The zero-order valence-electron chi connectivity index (χ0n) is 12.7. The molecule has 0 nitrogen and oxygen atoms in total. The summed E-state index contributed by atoms with van der Waals surface area (Å²) in [7, 11) is 0. The van der Waals surface area contributed by atoms with E-state index in [1.54, 1.807) is 5.92 Å². The number of hydrogen-bond acceptors (Lipinski definition) is 0. The van der Waals surface area contributed by atoms with Crippen molar-refractivity contribution in [3.63, 3.8) is 0 Å². The zero-order valence-corrected chi connectivity index (χ0v) is 12.7. The lowest BCUT2D eigenvalue weighted by Gasteiger charge is -2.28. The molecule has 0 heterocycles. The third-order valence-electron chi connectivity index (χ3n) is 5.10. The molecule has 2 bridgehead atoms. The molecule has 0 aliphatic heterocycles. The van der Waals surface area contributed by atoms with Crippen LogP contribution in [0.5, 0.6) is 0 Å². The summed E-state index contributed by atoms with van der Waals surface area (Å²) in [5.41, 5.74) is 5.59. The van der Waals surface area contributed by atoms with Crippen LogP contribution in [-0.4, -0.2) is 0 Å². The smallest absolute Gasteiger partial charge is 0.0198 e. The van der Waals surface area contributed by atoms with Crippen molar-refractivity contribution in [1.29, 1.82) is 0 Å². The van der Waals surface area contributed by atoms with Crippen molar-refractivity contribution in [3.05, 3.63) is 88.9 Å². The minimum absolute atomic E-state index is 0.573. The molecule has 0 amide bonds. The minimum Gasteiger partial charge on any atom is -0.0844 e. The predicted octanol–water partition coefficient (Wildman–Crippen LogP) is 5.22. The highest BCUT2D eigenvalue weighted by atomic mass is 14.5. The van der Waals surface area contributed by atoms with Crippen LogP contribution in [0.1, 0.15) is 34.6 Å². The maximum atomic E-state index is 2.44. The van der Waals surface area contributed by atoms with Gasteiger partial charge in [0.05, 0.1) is 0 Å². The Hall–Kier alpha value is -1.82. The summed E-state index contributed by atoms with van der Waals surface area (Å²) in [6.07, 6.45) is 6.15. The first kappa shape index (κ1) is 12.9. The number of aryl methyl sites for hydroxylation is 2. The molecule has 0 N–H and O–H groups in total. The molecule has 21 heavy (non-hydrogen) atoms. The SMILES string of the molecule is Cc1ccc([C]2C3C=CC(C3)C2c2ccc(C)cc2)cc1. The lowest BCUT2D eigenvalue weighted by molar-refractivity contribution is 0.616. The number of fused-ring (bicyclic) bond motifs is 2. The van der Waals surface area contributed by atoms with Crippen molar-refractivity contribution in [3.8, 4) is 0 Å². The van der Waals surface area contributed by atoms with E-state index in [0.29, 0.717) is 17.8 Å². The molecule has 1 radical (unpaired) electrons. The van der Waals surface area contributed by atoms with Crippen molar-refractivity contribution in [2.75, 3.05) is 0 Å². The van der Waals surface area contributed by atoms with E-state index in [9.17, 15) is 0 Å². The summed E-state index contributed by atoms with van der Waals surface area (Å²) in [5, 5.41) is 0. The summed E-state index contributed by atoms with van der Waals surface area (Å²) >= 11 is 0. The molecule has 2 aromatic rings. The van der Waals surface area contributed by atoms with E-state index in [1.165, 1.54) is 28.7 Å². The highest BCUT2D eigenvalue weighted by molar-refractivity contribution is 5.49. The molecule has 2 aliphatic rings.